The molecule has 0 bridgehead atoms. The van der Waals surface area contributed by atoms with Crippen molar-refractivity contribution < 1.29 is 37.3 Å². The molecule has 0 aromatic carbocycles. The van der Waals surface area contributed by atoms with Crippen molar-refractivity contribution in [3.8, 4) is 0 Å². The summed E-state index contributed by atoms with van der Waals surface area (Å²) >= 11 is 0. The number of rotatable bonds is 65. The van der Waals surface area contributed by atoms with Gasteiger partial charge in [-0.25, -0.2) is 4.57 Å². The number of ether oxygens (including phenoxy) is 1. The average Bonchev–Trinajstić information content (AvgIpc) is 3.50. The third-order valence-corrected chi connectivity index (χ3v) is 16.8. The third kappa shape index (κ3) is 65.5. The molecule has 85 heavy (non-hydrogen) atoms. The van der Waals surface area contributed by atoms with E-state index in [2.05, 4.69) is 92.9 Å². The molecule has 3 atom stereocenters. The molecule has 0 rings (SSSR count). The number of hydrogen-bond donors (Lipinski definition) is 2. The molecule has 0 heterocycles. The number of carbonyl (C=O) groups is 2. The summed E-state index contributed by atoms with van der Waals surface area (Å²) in [6.45, 7) is 6.89. The average molecular weight is 1210 g/mol. The normalized spacial score (nSPS) is 14.0. The van der Waals surface area contributed by atoms with Crippen LogP contribution in [-0.2, 0) is 27.9 Å². The van der Waals surface area contributed by atoms with E-state index >= 15 is 0 Å². The van der Waals surface area contributed by atoms with Gasteiger partial charge in [-0.2, -0.15) is 0 Å². The Morgan fingerprint density at radius 2 is 0.765 bits per heavy atom. The van der Waals surface area contributed by atoms with Gasteiger partial charge >= 0.3 is 13.8 Å². The van der Waals surface area contributed by atoms with Crippen LogP contribution >= 0.6 is 7.82 Å². The van der Waals surface area contributed by atoms with Gasteiger partial charge in [0.2, 0.25) is 5.91 Å². The van der Waals surface area contributed by atoms with Crippen LogP contribution in [0.3, 0.4) is 0 Å². The molecular weight excluding hydrogens is 1070 g/mol. The highest BCUT2D eigenvalue weighted by molar-refractivity contribution is 7.47. The van der Waals surface area contributed by atoms with Crippen molar-refractivity contribution in [1.82, 2.24) is 5.32 Å². The summed E-state index contributed by atoms with van der Waals surface area (Å²) in [4.78, 5) is 37.9. The van der Waals surface area contributed by atoms with E-state index in [4.69, 9.17) is 13.8 Å². The van der Waals surface area contributed by atoms with E-state index in [1.807, 2.05) is 39.4 Å². The van der Waals surface area contributed by atoms with Crippen molar-refractivity contribution >= 4 is 19.7 Å². The van der Waals surface area contributed by atoms with Crippen LogP contribution in [0.15, 0.2) is 85.1 Å². The zero-order valence-electron chi connectivity index (χ0n) is 56.6. The van der Waals surface area contributed by atoms with E-state index in [1.165, 1.54) is 212 Å². The van der Waals surface area contributed by atoms with Crippen LogP contribution in [0.25, 0.3) is 0 Å². The monoisotopic (exact) mass is 1210 g/mol. The molecular formula is C75H138N2O7P+. The van der Waals surface area contributed by atoms with Gasteiger partial charge < -0.3 is 19.4 Å². The molecule has 0 aromatic heterocycles. The highest BCUT2D eigenvalue weighted by Crippen LogP contribution is 2.43. The number of nitrogens with one attached hydrogen (secondary N) is 1. The largest absolute Gasteiger partial charge is 0.472 e. The summed E-state index contributed by atoms with van der Waals surface area (Å²) in [6.07, 6.45) is 86.3. The first-order valence-electron chi connectivity index (χ1n) is 35.9. The smallest absolute Gasteiger partial charge is 0.456 e. The number of allylic oxidation sites excluding steroid dienone is 13. The summed E-state index contributed by atoms with van der Waals surface area (Å²) in [6, 6.07) is -0.882. The van der Waals surface area contributed by atoms with Crippen LogP contribution in [-0.4, -0.2) is 74.3 Å². The number of quaternary nitrogens is 1. The van der Waals surface area contributed by atoms with E-state index in [0.29, 0.717) is 23.9 Å². The molecule has 0 aliphatic rings. The summed E-state index contributed by atoms with van der Waals surface area (Å²) in [5.41, 5.74) is 0. The molecule has 0 aliphatic carbocycles. The second kappa shape index (κ2) is 64.2. The standard InChI is InChI=1S/C75H137N2O7P/c1-7-10-13-16-19-22-25-28-30-32-34-35-36-37-38-39-40-41-43-44-46-49-52-55-58-61-64-67-74(78)76-72(71-83-85(80,81)82-70-69-77(4,5)6)73(66-63-60-57-54-51-48-27-24-21-18-15-12-9-3)84-75(79)68-65-62-59-56-53-50-47-45-42-33-31-29-26-23-20-17-14-11-8-2/h11,14,20,23,29,31,42,45,50,53,59,62-63,66,72-73H,7-10,12-13,15-19,21-22,24-28,30,32-41,43-44,46-49,51-52,54-58,60-61,64-65,67-71H2,1-6H3,(H-,76,78,80,81)/p+1/b14-11-,23-20-,31-29-,45-42-,53-50-,62-59-,66-63-. The number of phosphoric acid groups is 1. The van der Waals surface area contributed by atoms with Gasteiger partial charge in [0.25, 0.3) is 0 Å². The highest BCUT2D eigenvalue weighted by atomic mass is 31.2. The molecule has 0 spiro atoms. The lowest BCUT2D eigenvalue weighted by Gasteiger charge is -2.27. The fourth-order valence-corrected chi connectivity index (χ4v) is 11.1. The number of phosphoric ester groups is 1. The molecule has 2 N–H and O–H groups in total. The van der Waals surface area contributed by atoms with Crippen molar-refractivity contribution in [2.75, 3.05) is 40.9 Å². The number of amides is 1. The van der Waals surface area contributed by atoms with Gasteiger partial charge in [-0.3, -0.25) is 18.6 Å². The van der Waals surface area contributed by atoms with Crippen LogP contribution in [0.4, 0.5) is 0 Å². The van der Waals surface area contributed by atoms with Gasteiger partial charge in [-0.15, -0.1) is 0 Å². The van der Waals surface area contributed by atoms with E-state index in [1.54, 1.807) is 0 Å². The number of likely N-dealkylation sites (N-methyl/N-ethyl adjacent to an activating group) is 1. The number of hydrogen-bond acceptors (Lipinski definition) is 6. The van der Waals surface area contributed by atoms with Crippen LogP contribution < -0.4 is 5.32 Å². The van der Waals surface area contributed by atoms with Crippen molar-refractivity contribution in [2.24, 2.45) is 0 Å². The highest BCUT2D eigenvalue weighted by Gasteiger charge is 2.30. The molecule has 1 amide bonds. The van der Waals surface area contributed by atoms with Crippen molar-refractivity contribution in [3.63, 3.8) is 0 Å². The molecule has 10 heteroatoms. The molecule has 0 saturated carbocycles. The first kappa shape index (κ1) is 82.2. The molecule has 0 aliphatic heterocycles. The Hall–Kier alpha value is -2.81. The Balaban J connectivity index is 5.11. The third-order valence-electron chi connectivity index (χ3n) is 15.9. The number of esters is 1. The van der Waals surface area contributed by atoms with Gasteiger partial charge in [0.15, 0.2) is 0 Å². The fraction of sp³-hybridized carbons (Fsp3) is 0.787. The van der Waals surface area contributed by atoms with Crippen molar-refractivity contribution in [3.05, 3.63) is 85.1 Å². The first-order valence-corrected chi connectivity index (χ1v) is 37.4. The summed E-state index contributed by atoms with van der Waals surface area (Å²) in [5.74, 6) is -0.593. The van der Waals surface area contributed by atoms with Crippen molar-refractivity contribution in [2.45, 2.75) is 341 Å². The maximum Gasteiger partial charge on any atom is 0.472 e. The maximum atomic E-state index is 13.6. The lowest BCUT2D eigenvalue weighted by molar-refractivity contribution is -0.870. The van der Waals surface area contributed by atoms with E-state index < -0.39 is 25.9 Å². The fourth-order valence-electron chi connectivity index (χ4n) is 10.4. The Kier molecular flexibility index (Phi) is 62.1. The molecule has 0 fully saturated rings. The SMILES string of the molecule is CC/C=C\C/C=C\C/C=C\C/C=C\C/C=C\C/C=C\CCC(=O)OC(/C=C\CCCCCCCCCCCCC)C(COP(=O)(O)OCC[N+](C)(C)C)NC(=O)CCCCCCCCCCCCCCCCCCCCCCCCCCCCC. The number of nitrogens with zero attached hydrogens (tertiary/aromatic N) is 1. The first-order chi connectivity index (χ1) is 41.4. The van der Waals surface area contributed by atoms with Crippen LogP contribution in [0.1, 0.15) is 329 Å². The summed E-state index contributed by atoms with van der Waals surface area (Å²) in [5, 5.41) is 3.05. The lowest BCUT2D eigenvalue weighted by Crippen LogP contribution is -2.47. The zero-order chi connectivity index (χ0) is 62.1. The predicted molar refractivity (Wildman–Crippen MR) is 369 cm³/mol. The van der Waals surface area contributed by atoms with E-state index in [9.17, 15) is 19.0 Å². The molecule has 0 saturated heterocycles. The topological polar surface area (TPSA) is 111 Å². The second-order valence-corrected chi connectivity index (χ2v) is 26.8. The quantitative estimate of drug-likeness (QED) is 0.0205. The molecule has 3 unspecified atom stereocenters. The van der Waals surface area contributed by atoms with Gasteiger partial charge in [0.1, 0.15) is 19.3 Å². The van der Waals surface area contributed by atoms with Crippen LogP contribution in [0.5, 0.6) is 0 Å². The van der Waals surface area contributed by atoms with Crippen LogP contribution in [0.2, 0.25) is 0 Å². The Labute approximate surface area is 526 Å². The predicted octanol–water partition coefficient (Wildman–Crippen LogP) is 22.9. The number of unbranched alkanes of at least 4 members (excludes halogenated alkanes) is 37. The van der Waals surface area contributed by atoms with E-state index in [-0.39, 0.29) is 25.5 Å². The lowest BCUT2D eigenvalue weighted by atomic mass is 10.0. The van der Waals surface area contributed by atoms with Crippen LogP contribution in [0, 0.1) is 0 Å². The Bertz CT molecular complexity index is 1730. The Morgan fingerprint density at radius 3 is 1.13 bits per heavy atom. The van der Waals surface area contributed by atoms with Crippen molar-refractivity contribution in [1.29, 1.82) is 0 Å². The van der Waals surface area contributed by atoms with Gasteiger partial charge in [-0.05, 0) is 70.3 Å². The summed E-state index contributed by atoms with van der Waals surface area (Å²) in [7, 11) is 1.46. The molecule has 0 radical (unpaired) electrons. The minimum Gasteiger partial charge on any atom is -0.456 e. The molecule has 494 valence electrons. The molecule has 9 nitrogen and oxygen atoms in total. The van der Waals surface area contributed by atoms with Gasteiger partial charge in [-0.1, -0.05) is 331 Å². The zero-order valence-corrected chi connectivity index (χ0v) is 57.5. The number of carbonyl (C=O) groups excluding carboxylic acids is 2. The minimum atomic E-state index is -4.47. The maximum absolute atomic E-state index is 13.6. The summed E-state index contributed by atoms with van der Waals surface area (Å²) < 4.78 is 30.8. The van der Waals surface area contributed by atoms with Gasteiger partial charge in [0.05, 0.1) is 33.8 Å². The second-order valence-electron chi connectivity index (χ2n) is 25.4. The van der Waals surface area contributed by atoms with E-state index in [0.717, 1.165) is 77.0 Å². The van der Waals surface area contributed by atoms with Gasteiger partial charge in [0, 0.05) is 12.8 Å². The molecule has 0 aromatic rings. The Morgan fingerprint density at radius 1 is 0.424 bits per heavy atom. The minimum absolute atomic E-state index is 0.0276.